The number of aliphatic hydroxyl groups is 2. The molecule has 0 amide bonds. The average molecular weight is 497 g/mol. The minimum absolute atomic E-state index is 0.124. The highest BCUT2D eigenvalue weighted by molar-refractivity contribution is 6.90. The first-order valence-electron chi connectivity index (χ1n) is 10.1. The highest BCUT2D eigenvalue weighted by Gasteiger charge is 2.50. The zero-order valence-corrected chi connectivity index (χ0v) is 24.0. The lowest BCUT2D eigenvalue weighted by molar-refractivity contribution is -0.175. The van der Waals surface area contributed by atoms with Gasteiger partial charge in [0, 0.05) is 12.1 Å². The Labute approximate surface area is 185 Å². The van der Waals surface area contributed by atoms with Crippen LogP contribution in [0.4, 0.5) is 0 Å². The maximum atomic E-state index is 12.1. The lowest BCUT2D eigenvalue weighted by atomic mass is 9.99. The molecule has 0 saturated carbocycles. The van der Waals surface area contributed by atoms with Gasteiger partial charge in [-0.1, -0.05) is 6.58 Å². The van der Waals surface area contributed by atoms with E-state index in [1.54, 1.807) is 0 Å². The first-order valence-corrected chi connectivity index (χ1v) is 22.2. The SMILES string of the molecule is C=CC(=O)OC(=O)C(O)(CO)CCC[Si](O[Si](C)(C)C)(O[Si](C)(C)C)O[Si](C)(C)C. The second-order valence-electron chi connectivity index (χ2n) is 10.3. The molecule has 0 rings (SSSR count). The summed E-state index contributed by atoms with van der Waals surface area (Å²) < 4.78 is 24.1. The molecule has 0 aliphatic rings. The van der Waals surface area contributed by atoms with Crippen molar-refractivity contribution in [3.05, 3.63) is 12.7 Å². The van der Waals surface area contributed by atoms with Crippen LogP contribution in [0, 0.1) is 0 Å². The van der Waals surface area contributed by atoms with E-state index in [9.17, 15) is 19.8 Å². The summed E-state index contributed by atoms with van der Waals surface area (Å²) in [7, 11) is -9.27. The van der Waals surface area contributed by atoms with Crippen LogP contribution in [0.2, 0.25) is 65.0 Å². The summed E-state index contributed by atoms with van der Waals surface area (Å²) >= 11 is 0. The van der Waals surface area contributed by atoms with E-state index in [-0.39, 0.29) is 6.42 Å². The predicted molar refractivity (Wildman–Crippen MR) is 126 cm³/mol. The van der Waals surface area contributed by atoms with Crippen molar-refractivity contribution in [1.29, 1.82) is 0 Å². The number of hydrogen-bond donors (Lipinski definition) is 2. The van der Waals surface area contributed by atoms with Crippen LogP contribution in [0.5, 0.6) is 0 Å². The van der Waals surface area contributed by atoms with Crippen molar-refractivity contribution in [1.82, 2.24) is 0 Å². The highest BCUT2D eigenvalue weighted by Crippen LogP contribution is 2.31. The second kappa shape index (κ2) is 10.9. The molecule has 1 unspecified atom stereocenters. The quantitative estimate of drug-likeness (QED) is 0.173. The van der Waals surface area contributed by atoms with Crippen LogP contribution in [0.25, 0.3) is 0 Å². The van der Waals surface area contributed by atoms with Crippen LogP contribution in [0.15, 0.2) is 12.7 Å². The lowest BCUT2D eigenvalue weighted by Gasteiger charge is -2.43. The molecule has 0 radical (unpaired) electrons. The van der Waals surface area contributed by atoms with E-state index in [1.165, 1.54) is 0 Å². The maximum Gasteiger partial charge on any atom is 0.469 e. The molecule has 8 nitrogen and oxygen atoms in total. The molecule has 0 aromatic heterocycles. The monoisotopic (exact) mass is 496 g/mol. The van der Waals surface area contributed by atoms with Crippen molar-refractivity contribution >= 4 is 45.7 Å². The summed E-state index contributed by atoms with van der Waals surface area (Å²) in [5.74, 6) is -2.19. The summed E-state index contributed by atoms with van der Waals surface area (Å²) in [6.07, 6.45) is 0.986. The molecule has 0 bridgehead atoms. The number of carbonyl (C=O) groups is 2. The summed E-state index contributed by atoms with van der Waals surface area (Å²) in [6.45, 7) is 21.0. The maximum absolute atomic E-state index is 12.1. The Morgan fingerprint density at radius 3 is 1.60 bits per heavy atom. The van der Waals surface area contributed by atoms with Crippen LogP contribution < -0.4 is 0 Å². The molecular formula is C18H40O8Si4. The second-order valence-corrected chi connectivity index (χ2v) is 27.3. The molecule has 0 aliphatic heterocycles. The number of ether oxygens (including phenoxy) is 1. The number of rotatable bonds is 13. The van der Waals surface area contributed by atoms with Gasteiger partial charge in [-0.05, 0) is 71.8 Å². The Balaban J connectivity index is 5.69. The molecule has 176 valence electrons. The van der Waals surface area contributed by atoms with Gasteiger partial charge in [-0.15, -0.1) is 0 Å². The van der Waals surface area contributed by atoms with Gasteiger partial charge in [-0.3, -0.25) is 0 Å². The summed E-state index contributed by atoms with van der Waals surface area (Å²) in [6, 6.07) is 0.386. The third-order valence-corrected chi connectivity index (χ3v) is 15.5. The molecule has 0 aromatic rings. The Morgan fingerprint density at radius 1 is 0.900 bits per heavy atom. The third-order valence-electron chi connectivity index (χ3n) is 3.46. The molecule has 0 aliphatic carbocycles. The molecule has 0 saturated heterocycles. The molecule has 30 heavy (non-hydrogen) atoms. The fourth-order valence-corrected chi connectivity index (χ4v) is 17.3. The predicted octanol–water partition coefficient (Wildman–Crippen LogP) is 3.24. The normalized spacial score (nSPS) is 15.4. The van der Waals surface area contributed by atoms with Crippen molar-refractivity contribution in [2.24, 2.45) is 0 Å². The van der Waals surface area contributed by atoms with Crippen molar-refractivity contribution in [3.63, 3.8) is 0 Å². The first-order chi connectivity index (χ1) is 13.3. The Hall–Kier alpha value is -0.452. The van der Waals surface area contributed by atoms with Gasteiger partial charge in [-0.2, -0.15) is 0 Å². The molecule has 0 heterocycles. The lowest BCUT2D eigenvalue weighted by Crippen LogP contribution is -2.60. The molecule has 2 N–H and O–H groups in total. The fourth-order valence-electron chi connectivity index (χ4n) is 2.69. The van der Waals surface area contributed by atoms with Crippen molar-refractivity contribution in [2.45, 2.75) is 83.4 Å². The Morgan fingerprint density at radius 2 is 1.30 bits per heavy atom. The average Bonchev–Trinajstić information content (AvgIpc) is 2.48. The van der Waals surface area contributed by atoms with E-state index in [4.69, 9.17) is 12.3 Å². The fraction of sp³-hybridized carbons (Fsp3) is 0.778. The minimum Gasteiger partial charge on any atom is -0.417 e. The Bertz CT molecular complexity index is 566. The largest absolute Gasteiger partial charge is 0.469 e. The van der Waals surface area contributed by atoms with Crippen LogP contribution in [0.1, 0.15) is 12.8 Å². The van der Waals surface area contributed by atoms with Crippen molar-refractivity contribution in [2.75, 3.05) is 6.61 Å². The summed E-state index contributed by atoms with van der Waals surface area (Å²) in [4.78, 5) is 23.4. The standard InChI is InChI=1S/C18H40O8Si4/c1-11-16(20)23-17(21)18(22,15-19)13-12-14-30(24-27(2,3)4,25-28(5,6)7)26-29(8,9)10/h11,19,22H,1,12-15H2,2-10H3. The first kappa shape index (κ1) is 29.5. The van der Waals surface area contributed by atoms with Gasteiger partial charge in [0.1, 0.15) is 0 Å². The van der Waals surface area contributed by atoms with Gasteiger partial charge in [-0.25, -0.2) is 9.59 Å². The van der Waals surface area contributed by atoms with E-state index >= 15 is 0 Å². The van der Waals surface area contributed by atoms with Gasteiger partial charge in [0.2, 0.25) is 0 Å². The van der Waals surface area contributed by atoms with Crippen molar-refractivity contribution < 1.29 is 36.9 Å². The van der Waals surface area contributed by atoms with E-state index in [0.29, 0.717) is 12.5 Å². The highest BCUT2D eigenvalue weighted by atomic mass is 28.5. The number of hydrogen-bond acceptors (Lipinski definition) is 8. The molecule has 0 aromatic carbocycles. The molecular weight excluding hydrogens is 457 g/mol. The zero-order chi connectivity index (χ0) is 24.0. The van der Waals surface area contributed by atoms with E-state index < -0.39 is 57.9 Å². The van der Waals surface area contributed by atoms with Gasteiger partial charge >= 0.3 is 20.7 Å². The molecule has 1 atom stereocenters. The third kappa shape index (κ3) is 11.8. The number of aliphatic hydroxyl groups excluding tert-OH is 1. The summed E-state index contributed by atoms with van der Waals surface area (Å²) in [5.41, 5.74) is -2.20. The summed E-state index contributed by atoms with van der Waals surface area (Å²) in [5, 5.41) is 20.1. The number of carbonyl (C=O) groups excluding carboxylic acids is 2. The zero-order valence-electron chi connectivity index (χ0n) is 20.0. The van der Waals surface area contributed by atoms with Crippen LogP contribution >= 0.6 is 0 Å². The van der Waals surface area contributed by atoms with Crippen molar-refractivity contribution in [3.8, 4) is 0 Å². The smallest absolute Gasteiger partial charge is 0.417 e. The van der Waals surface area contributed by atoms with Gasteiger partial charge in [0.15, 0.2) is 30.6 Å². The van der Waals surface area contributed by atoms with Gasteiger partial charge in [0.25, 0.3) is 0 Å². The van der Waals surface area contributed by atoms with Crippen LogP contribution in [-0.4, -0.2) is 68.1 Å². The van der Waals surface area contributed by atoms with E-state index in [1.807, 2.05) is 0 Å². The molecule has 12 heteroatoms. The topological polar surface area (TPSA) is 112 Å². The van der Waals surface area contributed by atoms with Gasteiger partial charge < -0.3 is 27.3 Å². The van der Waals surface area contributed by atoms with E-state index in [2.05, 4.69) is 70.2 Å². The van der Waals surface area contributed by atoms with Crippen LogP contribution in [-0.2, 0) is 26.7 Å². The Kier molecular flexibility index (Phi) is 10.8. The van der Waals surface area contributed by atoms with Gasteiger partial charge in [0.05, 0.1) is 6.61 Å². The van der Waals surface area contributed by atoms with Crippen LogP contribution in [0.3, 0.4) is 0 Å². The van der Waals surface area contributed by atoms with E-state index in [0.717, 1.165) is 6.08 Å². The molecule has 0 spiro atoms. The number of esters is 2. The minimum atomic E-state index is -3.13. The molecule has 0 fully saturated rings.